The average molecular weight is 377 g/mol. The van der Waals surface area contributed by atoms with Crippen LogP contribution in [-0.2, 0) is 14.6 Å². The fourth-order valence-corrected chi connectivity index (χ4v) is 2.73. The van der Waals surface area contributed by atoms with Crippen LogP contribution in [0.15, 0.2) is 47.4 Å². The Hall–Kier alpha value is -2.87. The summed E-state index contributed by atoms with van der Waals surface area (Å²) in [5, 5.41) is 11.6. The molecule has 0 aliphatic carbocycles. The molecule has 2 aromatic rings. The molecule has 0 aliphatic rings. The van der Waals surface area contributed by atoms with Crippen LogP contribution >= 0.6 is 0 Å². The Kier molecular flexibility index (Phi) is 5.66. The van der Waals surface area contributed by atoms with E-state index in [0.717, 1.165) is 11.8 Å². The van der Waals surface area contributed by atoms with E-state index in [-0.39, 0.29) is 4.90 Å². The maximum Gasteiger partial charge on any atom is 0.344 e. The molecule has 0 aliphatic heterocycles. The van der Waals surface area contributed by atoms with Crippen molar-refractivity contribution in [2.45, 2.75) is 24.8 Å². The lowest BCUT2D eigenvalue weighted by Gasteiger charge is -2.14. The van der Waals surface area contributed by atoms with Gasteiger partial charge < -0.3 is 15.2 Å². The quantitative estimate of drug-likeness (QED) is 0.800. The number of carbonyl (C=O) groups excluding carboxylic acids is 1. The molecule has 1 amide bonds. The number of carbonyl (C=O) groups is 2. The second kappa shape index (κ2) is 7.57. The van der Waals surface area contributed by atoms with Crippen LogP contribution in [0.2, 0.25) is 0 Å². The summed E-state index contributed by atoms with van der Waals surface area (Å²) >= 11 is 0. The molecule has 1 unspecified atom stereocenters. The largest absolute Gasteiger partial charge is 0.479 e. The smallest absolute Gasteiger partial charge is 0.344 e. The second-order valence-electron chi connectivity index (χ2n) is 5.83. The molecular formula is C18H19NO6S. The SMILES string of the molecule is Cc1ccc(NC(=O)c2ccc(S(C)(=O)=O)cc2)cc1OC(C)C(=O)O. The van der Waals surface area contributed by atoms with Crippen LogP contribution in [0.4, 0.5) is 5.69 Å². The zero-order valence-corrected chi connectivity index (χ0v) is 15.3. The maximum atomic E-state index is 12.3. The number of ether oxygens (including phenoxy) is 1. The lowest BCUT2D eigenvalue weighted by Crippen LogP contribution is -2.23. The van der Waals surface area contributed by atoms with E-state index in [4.69, 9.17) is 9.84 Å². The van der Waals surface area contributed by atoms with E-state index in [1.165, 1.54) is 37.3 Å². The number of anilines is 1. The summed E-state index contributed by atoms with van der Waals surface area (Å²) < 4.78 is 28.3. The molecule has 0 saturated heterocycles. The van der Waals surface area contributed by atoms with Crippen LogP contribution in [0.3, 0.4) is 0 Å². The molecular weight excluding hydrogens is 358 g/mol. The number of sulfone groups is 1. The summed E-state index contributed by atoms with van der Waals surface area (Å²) in [6.45, 7) is 3.18. The normalized spacial score (nSPS) is 12.3. The number of nitrogens with one attached hydrogen (secondary N) is 1. The zero-order valence-electron chi connectivity index (χ0n) is 14.5. The van der Waals surface area contributed by atoms with Gasteiger partial charge in [-0.25, -0.2) is 13.2 Å². The highest BCUT2D eigenvalue weighted by Crippen LogP contribution is 2.24. The molecule has 7 nitrogen and oxygen atoms in total. The van der Waals surface area contributed by atoms with Crippen molar-refractivity contribution in [2.24, 2.45) is 0 Å². The summed E-state index contributed by atoms with van der Waals surface area (Å²) in [4.78, 5) is 23.4. The Morgan fingerprint density at radius 3 is 2.27 bits per heavy atom. The third-order valence-corrected chi connectivity index (χ3v) is 4.77. The van der Waals surface area contributed by atoms with Gasteiger partial charge in [-0.2, -0.15) is 0 Å². The van der Waals surface area contributed by atoms with Gasteiger partial charge in [-0.1, -0.05) is 6.07 Å². The monoisotopic (exact) mass is 377 g/mol. The molecule has 0 aromatic heterocycles. The van der Waals surface area contributed by atoms with Crippen molar-refractivity contribution in [3.8, 4) is 5.75 Å². The molecule has 0 spiro atoms. The minimum Gasteiger partial charge on any atom is -0.479 e. The molecule has 2 N–H and O–H groups in total. The molecule has 26 heavy (non-hydrogen) atoms. The van der Waals surface area contributed by atoms with Crippen LogP contribution in [0, 0.1) is 6.92 Å². The number of hydrogen-bond donors (Lipinski definition) is 2. The zero-order chi connectivity index (χ0) is 19.5. The van der Waals surface area contributed by atoms with Crippen LogP contribution in [-0.4, -0.2) is 37.8 Å². The van der Waals surface area contributed by atoms with Crippen molar-refractivity contribution in [1.82, 2.24) is 0 Å². The number of amides is 1. The number of hydrogen-bond acceptors (Lipinski definition) is 5. The van der Waals surface area contributed by atoms with E-state index in [9.17, 15) is 18.0 Å². The predicted molar refractivity (Wildman–Crippen MR) is 96.4 cm³/mol. The van der Waals surface area contributed by atoms with E-state index < -0.39 is 27.8 Å². The summed E-state index contributed by atoms with van der Waals surface area (Å²) in [6.07, 6.45) is 0.0665. The Morgan fingerprint density at radius 2 is 1.73 bits per heavy atom. The van der Waals surface area contributed by atoms with Crippen molar-refractivity contribution >= 4 is 27.4 Å². The molecule has 0 radical (unpaired) electrons. The predicted octanol–water partition coefficient (Wildman–Crippen LogP) is 2.50. The van der Waals surface area contributed by atoms with E-state index in [1.54, 1.807) is 19.1 Å². The van der Waals surface area contributed by atoms with Gasteiger partial charge in [0.1, 0.15) is 5.75 Å². The topological polar surface area (TPSA) is 110 Å². The van der Waals surface area contributed by atoms with Crippen LogP contribution in [0.1, 0.15) is 22.8 Å². The van der Waals surface area contributed by atoms with E-state index in [2.05, 4.69) is 5.32 Å². The van der Waals surface area contributed by atoms with E-state index in [0.29, 0.717) is 17.0 Å². The molecule has 0 heterocycles. The third kappa shape index (κ3) is 4.82. The first-order valence-corrected chi connectivity index (χ1v) is 9.58. The molecule has 1 atom stereocenters. The maximum absolute atomic E-state index is 12.3. The fourth-order valence-electron chi connectivity index (χ4n) is 2.10. The summed E-state index contributed by atoms with van der Waals surface area (Å²) in [7, 11) is -3.33. The molecule has 0 bridgehead atoms. The van der Waals surface area contributed by atoms with Gasteiger partial charge in [-0.15, -0.1) is 0 Å². The van der Waals surface area contributed by atoms with Crippen molar-refractivity contribution in [2.75, 3.05) is 11.6 Å². The first kappa shape index (κ1) is 19.5. The molecule has 8 heteroatoms. The number of benzene rings is 2. The minimum absolute atomic E-state index is 0.128. The van der Waals surface area contributed by atoms with Crippen molar-refractivity contribution in [3.05, 3.63) is 53.6 Å². The molecule has 0 saturated carbocycles. The van der Waals surface area contributed by atoms with Crippen molar-refractivity contribution in [1.29, 1.82) is 0 Å². The Bertz CT molecular complexity index is 935. The van der Waals surface area contributed by atoms with Gasteiger partial charge in [0.2, 0.25) is 0 Å². The number of carboxylic acid groups (broad SMARTS) is 1. The summed E-state index contributed by atoms with van der Waals surface area (Å²) in [6, 6.07) is 10.5. The highest BCUT2D eigenvalue weighted by atomic mass is 32.2. The number of aliphatic carboxylic acids is 1. The number of aryl methyl sites for hydroxylation is 1. The second-order valence-corrected chi connectivity index (χ2v) is 7.84. The molecule has 138 valence electrons. The first-order valence-electron chi connectivity index (χ1n) is 7.69. The highest BCUT2D eigenvalue weighted by Gasteiger charge is 2.15. The third-order valence-electron chi connectivity index (χ3n) is 3.64. The van der Waals surface area contributed by atoms with E-state index >= 15 is 0 Å². The Morgan fingerprint density at radius 1 is 1.12 bits per heavy atom. The van der Waals surface area contributed by atoms with Crippen LogP contribution < -0.4 is 10.1 Å². The standard InChI is InChI=1S/C18H19NO6S/c1-11-4-7-14(10-16(11)25-12(2)18(21)22)19-17(20)13-5-8-15(9-6-13)26(3,23)24/h4-10,12H,1-3H3,(H,19,20)(H,21,22). The van der Waals surface area contributed by atoms with Gasteiger partial charge in [-0.3, -0.25) is 4.79 Å². The van der Waals surface area contributed by atoms with Gasteiger partial charge in [0.15, 0.2) is 15.9 Å². The van der Waals surface area contributed by atoms with Gasteiger partial charge in [0.05, 0.1) is 4.90 Å². The highest BCUT2D eigenvalue weighted by molar-refractivity contribution is 7.90. The lowest BCUT2D eigenvalue weighted by molar-refractivity contribution is -0.144. The minimum atomic E-state index is -3.33. The fraction of sp³-hybridized carbons (Fsp3) is 0.222. The first-order chi connectivity index (χ1) is 12.1. The Labute approximate surface area is 151 Å². The lowest BCUT2D eigenvalue weighted by atomic mass is 10.1. The summed E-state index contributed by atoms with van der Waals surface area (Å²) in [5.74, 6) is -1.17. The summed E-state index contributed by atoms with van der Waals surface area (Å²) in [5.41, 5.74) is 1.45. The van der Waals surface area contributed by atoms with Gasteiger partial charge in [0, 0.05) is 23.6 Å². The van der Waals surface area contributed by atoms with Crippen LogP contribution in [0.25, 0.3) is 0 Å². The van der Waals surface area contributed by atoms with Crippen LogP contribution in [0.5, 0.6) is 5.75 Å². The molecule has 0 fully saturated rings. The number of rotatable bonds is 6. The van der Waals surface area contributed by atoms with Gasteiger partial charge in [0.25, 0.3) is 5.91 Å². The average Bonchev–Trinajstić information content (AvgIpc) is 2.57. The number of carboxylic acids is 1. The molecule has 2 rings (SSSR count). The van der Waals surface area contributed by atoms with E-state index in [1.807, 2.05) is 0 Å². The van der Waals surface area contributed by atoms with Gasteiger partial charge >= 0.3 is 5.97 Å². The Balaban J connectivity index is 2.17. The van der Waals surface area contributed by atoms with Crippen molar-refractivity contribution < 1.29 is 27.9 Å². The van der Waals surface area contributed by atoms with Crippen molar-refractivity contribution in [3.63, 3.8) is 0 Å². The van der Waals surface area contributed by atoms with Gasteiger partial charge in [-0.05, 0) is 49.7 Å². The molecule has 2 aromatic carbocycles.